The Morgan fingerprint density at radius 1 is 0.793 bits per heavy atom. The van der Waals surface area contributed by atoms with Gasteiger partial charge in [0.1, 0.15) is 0 Å². The molecule has 0 saturated heterocycles. The number of phenols is 2. The van der Waals surface area contributed by atoms with E-state index >= 15 is 0 Å². The first-order valence-corrected chi connectivity index (χ1v) is 9.36. The smallest absolute Gasteiger partial charge is 0.203 e. The molecule has 0 aromatic heterocycles. The summed E-state index contributed by atoms with van der Waals surface area (Å²) in [7, 11) is 5.89. The first-order chi connectivity index (χ1) is 13.7. The Morgan fingerprint density at radius 3 is 1.66 bits per heavy atom. The monoisotopic (exact) mass is 404 g/mol. The minimum Gasteiger partial charge on any atom is -0.504 e. The lowest BCUT2D eigenvalue weighted by Gasteiger charge is -2.35. The molecule has 3 rings (SSSR count). The summed E-state index contributed by atoms with van der Waals surface area (Å²) in [4.78, 5) is 0. The predicted octanol–water partition coefficient (Wildman–Crippen LogP) is 3.28. The van der Waals surface area contributed by atoms with E-state index in [1.165, 1.54) is 28.4 Å². The molecule has 0 unspecified atom stereocenters. The van der Waals surface area contributed by atoms with Crippen molar-refractivity contribution in [1.29, 1.82) is 0 Å². The summed E-state index contributed by atoms with van der Waals surface area (Å²) in [5, 5.41) is 32.2. The molecule has 0 saturated carbocycles. The summed E-state index contributed by atoms with van der Waals surface area (Å²) >= 11 is 0. The molecule has 158 valence electrons. The SMILES string of the molecule is COc1c(O)cc2c(c1OC)-c1c(cc(O)c(OC)c1OC)C[C@](C)(O)[C@H](C)C2. The minimum absolute atomic E-state index is 0.0539. The maximum atomic E-state index is 11.1. The summed E-state index contributed by atoms with van der Waals surface area (Å²) in [5.74, 6) is 0.775. The summed E-state index contributed by atoms with van der Waals surface area (Å²) in [6.07, 6.45) is 0.769. The third-order valence-electron chi connectivity index (χ3n) is 5.80. The summed E-state index contributed by atoms with van der Waals surface area (Å²) in [5.41, 5.74) is 1.68. The molecule has 0 bridgehead atoms. The fourth-order valence-corrected chi connectivity index (χ4v) is 4.10. The largest absolute Gasteiger partial charge is 0.504 e. The van der Waals surface area contributed by atoms with Gasteiger partial charge in [-0.1, -0.05) is 6.92 Å². The van der Waals surface area contributed by atoms with Crippen molar-refractivity contribution in [3.63, 3.8) is 0 Å². The molecule has 2 aromatic carbocycles. The van der Waals surface area contributed by atoms with E-state index in [1.807, 2.05) is 6.92 Å². The highest BCUT2D eigenvalue weighted by Crippen LogP contribution is 2.55. The molecule has 29 heavy (non-hydrogen) atoms. The Kier molecular flexibility index (Phi) is 5.45. The fourth-order valence-electron chi connectivity index (χ4n) is 4.10. The zero-order valence-electron chi connectivity index (χ0n) is 17.6. The Balaban J connectivity index is 2.52. The first-order valence-electron chi connectivity index (χ1n) is 9.36. The van der Waals surface area contributed by atoms with E-state index in [9.17, 15) is 15.3 Å². The molecule has 2 aromatic rings. The number of hydrogen-bond donors (Lipinski definition) is 3. The topological polar surface area (TPSA) is 97.6 Å². The van der Waals surface area contributed by atoms with Crippen molar-refractivity contribution in [3.8, 4) is 45.6 Å². The maximum absolute atomic E-state index is 11.1. The quantitative estimate of drug-likeness (QED) is 0.719. The molecule has 7 nitrogen and oxygen atoms in total. The molecule has 0 radical (unpaired) electrons. The number of phenolic OH excluding ortho intramolecular Hbond substituents is 2. The van der Waals surface area contributed by atoms with E-state index in [0.717, 1.165) is 5.56 Å². The molecule has 1 aliphatic rings. The highest BCUT2D eigenvalue weighted by molar-refractivity contribution is 5.88. The summed E-state index contributed by atoms with van der Waals surface area (Å²) < 4.78 is 22.1. The Bertz CT molecular complexity index is 934. The predicted molar refractivity (Wildman–Crippen MR) is 109 cm³/mol. The molecule has 0 fully saturated rings. The standard InChI is InChI=1S/C22H28O7/c1-11-7-12-8-14(23)18(26-3)20(28-5)16(12)17-13(10-22(11,2)25)9-15(24)19(27-4)21(17)29-6/h8-9,11,23-25H,7,10H2,1-6H3/t11-,22+/m1/s1. The van der Waals surface area contributed by atoms with Crippen LogP contribution in [0.1, 0.15) is 25.0 Å². The Labute approximate surface area is 170 Å². The molecular weight excluding hydrogens is 376 g/mol. The van der Waals surface area contributed by atoms with Crippen LogP contribution in [0.5, 0.6) is 34.5 Å². The van der Waals surface area contributed by atoms with Gasteiger partial charge in [-0.2, -0.15) is 0 Å². The van der Waals surface area contributed by atoms with E-state index in [-0.39, 0.29) is 35.3 Å². The zero-order chi connectivity index (χ0) is 21.5. The molecule has 0 aliphatic heterocycles. The molecule has 0 amide bonds. The van der Waals surface area contributed by atoms with Crippen molar-refractivity contribution < 1.29 is 34.3 Å². The van der Waals surface area contributed by atoms with Crippen molar-refractivity contribution in [3.05, 3.63) is 23.3 Å². The van der Waals surface area contributed by atoms with Gasteiger partial charge in [-0.25, -0.2) is 0 Å². The molecule has 2 atom stereocenters. The van der Waals surface area contributed by atoms with Crippen LogP contribution in [0.2, 0.25) is 0 Å². The van der Waals surface area contributed by atoms with Gasteiger partial charge >= 0.3 is 0 Å². The van der Waals surface area contributed by atoms with Gasteiger partial charge in [0.25, 0.3) is 0 Å². The van der Waals surface area contributed by atoms with E-state index in [4.69, 9.17) is 18.9 Å². The molecule has 3 N–H and O–H groups in total. The first kappa shape index (κ1) is 20.9. The van der Waals surface area contributed by atoms with Crippen LogP contribution < -0.4 is 18.9 Å². The number of aliphatic hydroxyl groups is 1. The molecule has 0 spiro atoms. The second-order valence-electron chi connectivity index (χ2n) is 7.63. The van der Waals surface area contributed by atoms with E-state index in [2.05, 4.69) is 0 Å². The lowest BCUT2D eigenvalue weighted by molar-refractivity contribution is 0.00628. The normalized spacial score (nSPS) is 20.7. The van der Waals surface area contributed by atoms with Crippen LogP contribution in [0.3, 0.4) is 0 Å². The molecule has 1 aliphatic carbocycles. The van der Waals surface area contributed by atoms with Gasteiger partial charge in [-0.05, 0) is 42.5 Å². The van der Waals surface area contributed by atoms with Crippen molar-refractivity contribution in [2.75, 3.05) is 28.4 Å². The number of fused-ring (bicyclic) bond motifs is 3. The number of methoxy groups -OCH3 is 4. The van der Waals surface area contributed by atoms with Crippen LogP contribution in [-0.2, 0) is 12.8 Å². The van der Waals surface area contributed by atoms with Gasteiger partial charge in [0.2, 0.25) is 11.5 Å². The number of aromatic hydroxyl groups is 2. The van der Waals surface area contributed by atoms with Gasteiger partial charge in [0.15, 0.2) is 23.0 Å². The van der Waals surface area contributed by atoms with Crippen molar-refractivity contribution >= 4 is 0 Å². The summed E-state index contributed by atoms with van der Waals surface area (Å²) in [6, 6.07) is 3.20. The second-order valence-corrected chi connectivity index (χ2v) is 7.63. The van der Waals surface area contributed by atoms with E-state index in [0.29, 0.717) is 34.6 Å². The lowest BCUT2D eigenvalue weighted by Crippen LogP contribution is -2.37. The van der Waals surface area contributed by atoms with Crippen LogP contribution in [0.4, 0.5) is 0 Å². The van der Waals surface area contributed by atoms with E-state index in [1.54, 1.807) is 19.1 Å². The number of benzene rings is 2. The highest BCUT2D eigenvalue weighted by Gasteiger charge is 2.37. The van der Waals surface area contributed by atoms with Crippen LogP contribution in [0.25, 0.3) is 11.1 Å². The summed E-state index contributed by atoms with van der Waals surface area (Å²) in [6.45, 7) is 3.71. The third kappa shape index (κ3) is 3.29. The Morgan fingerprint density at radius 2 is 1.21 bits per heavy atom. The molecular formula is C22H28O7. The average molecular weight is 404 g/mol. The minimum atomic E-state index is -1.05. The highest BCUT2D eigenvalue weighted by atomic mass is 16.5. The van der Waals surface area contributed by atoms with Crippen molar-refractivity contribution in [2.24, 2.45) is 5.92 Å². The van der Waals surface area contributed by atoms with Crippen LogP contribution in [0.15, 0.2) is 12.1 Å². The number of ether oxygens (including phenoxy) is 4. The maximum Gasteiger partial charge on any atom is 0.203 e. The van der Waals surface area contributed by atoms with Gasteiger partial charge in [-0.15, -0.1) is 0 Å². The average Bonchev–Trinajstić information content (AvgIpc) is 2.66. The molecule has 0 heterocycles. The van der Waals surface area contributed by atoms with Crippen LogP contribution in [-0.4, -0.2) is 49.4 Å². The van der Waals surface area contributed by atoms with Crippen LogP contribution in [0, 0.1) is 5.92 Å². The Hall–Kier alpha value is -2.80. The van der Waals surface area contributed by atoms with Gasteiger partial charge in [0, 0.05) is 17.5 Å². The lowest BCUT2D eigenvalue weighted by atomic mass is 9.75. The van der Waals surface area contributed by atoms with Gasteiger partial charge in [0.05, 0.1) is 34.0 Å². The van der Waals surface area contributed by atoms with Crippen molar-refractivity contribution in [2.45, 2.75) is 32.3 Å². The van der Waals surface area contributed by atoms with E-state index < -0.39 is 5.60 Å². The fraction of sp³-hybridized carbons (Fsp3) is 0.455. The molecule has 7 heteroatoms. The van der Waals surface area contributed by atoms with Gasteiger partial charge < -0.3 is 34.3 Å². The van der Waals surface area contributed by atoms with Crippen LogP contribution >= 0.6 is 0 Å². The number of hydrogen-bond acceptors (Lipinski definition) is 7. The second kappa shape index (κ2) is 7.55. The van der Waals surface area contributed by atoms with Crippen molar-refractivity contribution in [1.82, 2.24) is 0 Å². The van der Waals surface area contributed by atoms with Gasteiger partial charge in [-0.3, -0.25) is 0 Å². The zero-order valence-corrected chi connectivity index (χ0v) is 17.6. The third-order valence-corrected chi connectivity index (χ3v) is 5.80. The number of rotatable bonds is 4.